The van der Waals surface area contributed by atoms with Crippen LogP contribution in [0.15, 0.2) is 0 Å². The molecule has 0 aliphatic rings. The molecule has 0 bridgehead atoms. The molecule has 1 N–H and O–H groups in total. The molecule has 0 amide bonds. The van der Waals surface area contributed by atoms with Crippen molar-refractivity contribution in [3.05, 3.63) is 33.5 Å². The molecule has 0 radical (unpaired) electrons. The summed E-state index contributed by atoms with van der Waals surface area (Å²) < 4.78 is 1.51. The molecule has 0 unspecified atom stereocenters. The Morgan fingerprint density at radius 2 is 1.45 bits per heavy atom. The van der Waals surface area contributed by atoms with E-state index in [2.05, 4.69) is 18.1 Å². The van der Waals surface area contributed by atoms with Crippen LogP contribution in [0.1, 0.15) is 33.5 Å². The molecule has 104 valence electrons. The topological polar surface area (TPSA) is 38.0 Å². The van der Waals surface area contributed by atoms with Gasteiger partial charge in [-0.1, -0.05) is 6.42 Å². The number of phenols is 1. The number of benzene rings is 1. The second-order valence-corrected chi connectivity index (χ2v) is 5.32. The number of rotatable bonds is 1. The summed E-state index contributed by atoms with van der Waals surface area (Å²) in [6, 6.07) is 2.56. The van der Waals surface area contributed by atoms with Crippen molar-refractivity contribution in [2.24, 2.45) is 0 Å². The molecular weight excluding hydrogens is 248 g/mol. The van der Waals surface area contributed by atoms with Crippen LogP contribution in [-0.2, 0) is 0 Å². The molecule has 20 heavy (non-hydrogen) atoms. The number of aryl methyl sites for hydroxylation is 1. The van der Waals surface area contributed by atoms with Crippen molar-refractivity contribution in [3.8, 4) is 29.5 Å². The van der Waals surface area contributed by atoms with Crippen LogP contribution in [0, 0.1) is 54.0 Å². The van der Waals surface area contributed by atoms with Crippen molar-refractivity contribution in [2.45, 2.75) is 41.5 Å². The van der Waals surface area contributed by atoms with Crippen molar-refractivity contribution < 1.29 is 5.11 Å². The van der Waals surface area contributed by atoms with Crippen LogP contribution in [0.5, 0.6) is 5.75 Å². The van der Waals surface area contributed by atoms with E-state index in [-0.39, 0.29) is 0 Å². The number of terminal acetylenes is 1. The summed E-state index contributed by atoms with van der Waals surface area (Å²) in [4.78, 5) is 0. The van der Waals surface area contributed by atoms with Crippen LogP contribution in [0.4, 0.5) is 0 Å². The molecular formula is C17H20N2O. The van der Waals surface area contributed by atoms with Crippen LogP contribution in [0.2, 0.25) is 0 Å². The molecule has 0 saturated heterocycles. The summed E-state index contributed by atoms with van der Waals surface area (Å²) >= 11 is 0. The van der Waals surface area contributed by atoms with Crippen molar-refractivity contribution in [1.82, 2.24) is 9.78 Å². The lowest BCUT2D eigenvalue weighted by atomic mass is 9.90. The monoisotopic (exact) mass is 268 g/mol. The number of nitrogens with zero attached hydrogens (tertiary/aromatic N) is 2. The number of aromatic hydroxyl groups is 1. The maximum atomic E-state index is 10.6. The van der Waals surface area contributed by atoms with Crippen molar-refractivity contribution in [2.75, 3.05) is 0 Å². The summed E-state index contributed by atoms with van der Waals surface area (Å²) in [6.45, 7) is 11.9. The molecule has 1 aromatic carbocycles. The molecule has 0 aliphatic carbocycles. The van der Waals surface area contributed by atoms with Gasteiger partial charge in [-0.25, -0.2) is 0 Å². The highest BCUT2D eigenvalue weighted by atomic mass is 16.3. The fraction of sp³-hybridized carbons (Fsp3) is 0.353. The Morgan fingerprint density at radius 3 is 2.00 bits per heavy atom. The molecule has 2 aromatic rings. The number of hydrogen-bond acceptors (Lipinski definition) is 2. The van der Waals surface area contributed by atoms with E-state index in [1.165, 1.54) is 10.2 Å². The zero-order valence-electron chi connectivity index (χ0n) is 12.9. The Hall–Kier alpha value is -2.21. The van der Waals surface area contributed by atoms with Crippen LogP contribution in [-0.4, -0.2) is 14.9 Å². The van der Waals surface area contributed by atoms with E-state index >= 15 is 0 Å². The normalized spacial score (nSPS) is 10.7. The Bertz CT molecular complexity index is 717. The third kappa shape index (κ3) is 1.80. The minimum Gasteiger partial charge on any atom is -0.507 e. The van der Waals surface area contributed by atoms with Gasteiger partial charge in [0.15, 0.2) is 0 Å². The SMILES string of the molecule is C#Cn1nc(C)c(C)c1-c1c(C)c(C)c(C)c(C)c1O. The van der Waals surface area contributed by atoms with Crippen LogP contribution >= 0.6 is 0 Å². The Labute approximate surface area is 120 Å². The first kappa shape index (κ1) is 14.2. The van der Waals surface area contributed by atoms with E-state index in [4.69, 9.17) is 6.42 Å². The van der Waals surface area contributed by atoms with Crippen molar-refractivity contribution in [1.29, 1.82) is 0 Å². The second kappa shape index (κ2) is 4.72. The van der Waals surface area contributed by atoms with Gasteiger partial charge in [-0.05, 0) is 69.4 Å². The first-order valence-corrected chi connectivity index (χ1v) is 6.63. The Kier molecular flexibility index (Phi) is 3.35. The lowest BCUT2D eigenvalue weighted by Gasteiger charge is -2.17. The van der Waals surface area contributed by atoms with Gasteiger partial charge in [0.1, 0.15) is 5.75 Å². The van der Waals surface area contributed by atoms with E-state index in [0.29, 0.717) is 5.75 Å². The van der Waals surface area contributed by atoms with Gasteiger partial charge in [0.05, 0.1) is 11.4 Å². The van der Waals surface area contributed by atoms with Gasteiger partial charge in [-0.2, -0.15) is 9.78 Å². The summed E-state index contributed by atoms with van der Waals surface area (Å²) in [5.74, 6) is 0.296. The van der Waals surface area contributed by atoms with E-state index in [0.717, 1.165) is 39.2 Å². The van der Waals surface area contributed by atoms with E-state index in [1.807, 2.05) is 34.6 Å². The number of hydrogen-bond donors (Lipinski definition) is 1. The minimum atomic E-state index is 0.296. The largest absolute Gasteiger partial charge is 0.507 e. The Morgan fingerprint density at radius 1 is 0.900 bits per heavy atom. The van der Waals surface area contributed by atoms with E-state index in [1.54, 1.807) is 0 Å². The standard InChI is InChI=1S/C17H20N2O/c1-8-19-16(13(6)14(7)18-19)15-11(4)9(2)10(3)12(5)17(15)20/h1,20H,2-7H3. The number of aromatic nitrogens is 2. The summed E-state index contributed by atoms with van der Waals surface area (Å²) in [5.41, 5.74) is 7.72. The summed E-state index contributed by atoms with van der Waals surface area (Å²) in [7, 11) is 0. The quantitative estimate of drug-likeness (QED) is 0.803. The maximum absolute atomic E-state index is 10.6. The van der Waals surface area contributed by atoms with Gasteiger partial charge in [0, 0.05) is 11.6 Å². The zero-order chi connectivity index (χ0) is 15.2. The number of phenolic OH excluding ortho intramolecular Hbond substituents is 1. The fourth-order valence-corrected chi connectivity index (χ4v) is 2.57. The lowest BCUT2D eigenvalue weighted by Crippen LogP contribution is -2.01. The highest BCUT2D eigenvalue weighted by molar-refractivity contribution is 5.78. The molecule has 0 spiro atoms. The third-order valence-electron chi connectivity index (χ3n) is 4.37. The third-order valence-corrected chi connectivity index (χ3v) is 4.37. The molecule has 0 fully saturated rings. The van der Waals surface area contributed by atoms with Crippen LogP contribution < -0.4 is 0 Å². The first-order valence-electron chi connectivity index (χ1n) is 6.63. The summed E-state index contributed by atoms with van der Waals surface area (Å²) in [5, 5.41) is 14.9. The van der Waals surface area contributed by atoms with Crippen molar-refractivity contribution >= 4 is 0 Å². The molecule has 1 heterocycles. The molecule has 3 nitrogen and oxygen atoms in total. The Balaban J connectivity index is 2.95. The highest BCUT2D eigenvalue weighted by Crippen LogP contribution is 2.40. The highest BCUT2D eigenvalue weighted by Gasteiger charge is 2.22. The predicted molar refractivity (Wildman–Crippen MR) is 82.0 cm³/mol. The smallest absolute Gasteiger partial charge is 0.128 e. The summed E-state index contributed by atoms with van der Waals surface area (Å²) in [6.07, 6.45) is 5.55. The predicted octanol–water partition coefficient (Wildman–Crippen LogP) is 3.55. The van der Waals surface area contributed by atoms with Crippen molar-refractivity contribution in [3.63, 3.8) is 0 Å². The molecule has 0 atom stereocenters. The minimum absolute atomic E-state index is 0.296. The van der Waals surface area contributed by atoms with Gasteiger partial charge < -0.3 is 5.11 Å². The average molecular weight is 268 g/mol. The van der Waals surface area contributed by atoms with E-state index in [9.17, 15) is 5.11 Å². The fourth-order valence-electron chi connectivity index (χ4n) is 2.57. The first-order chi connectivity index (χ1) is 9.31. The zero-order valence-corrected chi connectivity index (χ0v) is 12.9. The van der Waals surface area contributed by atoms with Gasteiger partial charge in [0.2, 0.25) is 0 Å². The average Bonchev–Trinajstić information content (AvgIpc) is 2.71. The molecule has 3 heteroatoms. The lowest BCUT2D eigenvalue weighted by molar-refractivity contribution is 0.471. The van der Waals surface area contributed by atoms with Gasteiger partial charge in [-0.15, -0.1) is 0 Å². The molecule has 1 aromatic heterocycles. The van der Waals surface area contributed by atoms with E-state index < -0.39 is 0 Å². The molecule has 0 aliphatic heterocycles. The van der Waals surface area contributed by atoms with Crippen LogP contribution in [0.3, 0.4) is 0 Å². The molecule has 2 rings (SSSR count). The van der Waals surface area contributed by atoms with Gasteiger partial charge >= 0.3 is 0 Å². The maximum Gasteiger partial charge on any atom is 0.128 e. The van der Waals surface area contributed by atoms with Gasteiger partial charge in [0.25, 0.3) is 0 Å². The van der Waals surface area contributed by atoms with Crippen LogP contribution in [0.25, 0.3) is 11.3 Å². The molecule has 0 saturated carbocycles. The van der Waals surface area contributed by atoms with Gasteiger partial charge in [-0.3, -0.25) is 0 Å². The second-order valence-electron chi connectivity index (χ2n) is 5.32.